The third-order valence-electron chi connectivity index (χ3n) is 9.09. The lowest BCUT2D eigenvalue weighted by Crippen LogP contribution is -2.37. The molecule has 0 N–H and O–H groups in total. The summed E-state index contributed by atoms with van der Waals surface area (Å²) >= 11 is 1.45. The number of unbranched alkanes of at least 4 members (excludes halogenated alkanes) is 2. The van der Waals surface area contributed by atoms with E-state index in [1.54, 1.807) is 6.92 Å². The number of allylic oxidation sites excluding steroid dienone is 2. The number of thioether (sulfide) groups is 1. The monoisotopic (exact) mass is 622 g/mol. The van der Waals surface area contributed by atoms with E-state index in [0.29, 0.717) is 6.42 Å². The van der Waals surface area contributed by atoms with Crippen LogP contribution in [0.15, 0.2) is 24.3 Å². The summed E-state index contributed by atoms with van der Waals surface area (Å²) in [7, 11) is 1.43. The van der Waals surface area contributed by atoms with Gasteiger partial charge in [0.15, 0.2) is 17.7 Å². The molecule has 2 heterocycles. The summed E-state index contributed by atoms with van der Waals surface area (Å²) in [6.45, 7) is 10.0. The molecule has 1 saturated carbocycles. The first-order valence-electron chi connectivity index (χ1n) is 16.8. The van der Waals surface area contributed by atoms with E-state index >= 15 is 0 Å². The van der Waals surface area contributed by atoms with Crippen molar-refractivity contribution < 1.29 is 33.3 Å². The molecule has 246 valence electrons. The van der Waals surface area contributed by atoms with Crippen LogP contribution in [0.3, 0.4) is 0 Å². The molecule has 3 aliphatic rings. The van der Waals surface area contributed by atoms with Crippen molar-refractivity contribution in [2.24, 2.45) is 17.3 Å². The van der Waals surface area contributed by atoms with Gasteiger partial charge in [0.25, 0.3) is 0 Å². The molecule has 0 aromatic heterocycles. The zero-order valence-corrected chi connectivity index (χ0v) is 28.2. The highest BCUT2D eigenvalue weighted by molar-refractivity contribution is 8.14. The Kier molecular flexibility index (Phi) is 16.3. The average Bonchev–Trinajstić information content (AvgIpc) is 3.30. The molecule has 0 amide bonds. The zero-order valence-electron chi connectivity index (χ0n) is 27.4. The average molecular weight is 623 g/mol. The molecule has 1 aliphatic carbocycles. The second kappa shape index (κ2) is 19.4. The summed E-state index contributed by atoms with van der Waals surface area (Å²) in [4.78, 5) is 23.9. The minimum absolute atomic E-state index is 0.0285. The fourth-order valence-corrected chi connectivity index (χ4v) is 7.66. The number of carbonyl (C=O) groups excluding carboxylic acids is 2. The summed E-state index contributed by atoms with van der Waals surface area (Å²) in [5.74, 6) is 0.192. The van der Waals surface area contributed by atoms with Gasteiger partial charge in [-0.2, -0.15) is 0 Å². The minimum atomic E-state index is -0.186. The lowest BCUT2D eigenvalue weighted by Gasteiger charge is -2.37. The van der Waals surface area contributed by atoms with Gasteiger partial charge in [-0.05, 0) is 82.0 Å². The maximum absolute atomic E-state index is 12.4. The summed E-state index contributed by atoms with van der Waals surface area (Å²) in [5.41, 5.74) is -0.0443. The van der Waals surface area contributed by atoms with E-state index in [-0.39, 0.29) is 58.4 Å². The molecule has 0 aromatic carbocycles. The topological polar surface area (TPSA) is 80.3 Å². The Labute approximate surface area is 265 Å². The van der Waals surface area contributed by atoms with Crippen molar-refractivity contribution in [1.29, 1.82) is 0 Å². The summed E-state index contributed by atoms with van der Waals surface area (Å²) < 4.78 is 30.2. The lowest BCUT2D eigenvalue weighted by molar-refractivity contribution is -0.198. The summed E-state index contributed by atoms with van der Waals surface area (Å²) in [6.07, 6.45) is 21.9. The smallest absolute Gasteiger partial charge is 0.305 e. The van der Waals surface area contributed by atoms with Gasteiger partial charge in [-0.15, -0.1) is 0 Å². The molecular weight excluding hydrogens is 564 g/mol. The van der Waals surface area contributed by atoms with Crippen molar-refractivity contribution in [3.05, 3.63) is 24.3 Å². The van der Waals surface area contributed by atoms with Gasteiger partial charge in [0.05, 0.1) is 19.3 Å². The molecule has 2 unspecified atom stereocenters. The van der Waals surface area contributed by atoms with Gasteiger partial charge in [-0.1, -0.05) is 69.7 Å². The number of ether oxygens (including phenoxy) is 5. The van der Waals surface area contributed by atoms with Crippen LogP contribution in [-0.2, 0) is 33.3 Å². The number of carbonyl (C=O) groups is 2. The molecule has 8 heteroatoms. The SMILES string of the molecule is CCCCC(C)(C)[C@@H](C=C[C@@H]1[C@@H](CC=CCCCC(=O)OC)[C@@H](SC(C)=O)C[C@H]1OC1CCCCO1)OC1CCCCO1. The van der Waals surface area contributed by atoms with Crippen molar-refractivity contribution in [2.45, 2.75) is 148 Å². The molecule has 0 bridgehead atoms. The van der Waals surface area contributed by atoms with Gasteiger partial charge in [0.2, 0.25) is 0 Å². The second-order valence-electron chi connectivity index (χ2n) is 13.1. The number of hydrogen-bond acceptors (Lipinski definition) is 8. The molecule has 3 fully saturated rings. The Morgan fingerprint density at radius 3 is 2.37 bits per heavy atom. The third-order valence-corrected chi connectivity index (χ3v) is 10.3. The zero-order chi connectivity index (χ0) is 31.1. The Bertz CT molecular complexity index is 875. The Hall–Kier alpha value is -1.19. The molecule has 0 aromatic rings. The number of methoxy groups -OCH3 is 1. The van der Waals surface area contributed by atoms with E-state index in [1.165, 1.54) is 18.9 Å². The van der Waals surface area contributed by atoms with Gasteiger partial charge >= 0.3 is 5.97 Å². The first kappa shape index (κ1) is 36.3. The number of rotatable bonds is 17. The highest BCUT2D eigenvalue weighted by Crippen LogP contribution is 2.46. The van der Waals surface area contributed by atoms with Gasteiger partial charge in [0.1, 0.15) is 0 Å². The predicted molar refractivity (Wildman–Crippen MR) is 173 cm³/mol. The molecule has 7 atom stereocenters. The van der Waals surface area contributed by atoms with Crippen molar-refractivity contribution >= 4 is 22.8 Å². The van der Waals surface area contributed by atoms with Crippen molar-refractivity contribution in [2.75, 3.05) is 20.3 Å². The van der Waals surface area contributed by atoms with E-state index in [1.807, 2.05) is 0 Å². The van der Waals surface area contributed by atoms with Crippen LogP contribution in [0, 0.1) is 17.3 Å². The highest BCUT2D eigenvalue weighted by Gasteiger charge is 2.44. The van der Waals surface area contributed by atoms with Crippen LogP contribution in [0.4, 0.5) is 0 Å². The third kappa shape index (κ3) is 12.6. The predicted octanol–water partition coefficient (Wildman–Crippen LogP) is 8.16. The Balaban J connectivity index is 1.83. The van der Waals surface area contributed by atoms with Crippen molar-refractivity contribution in [3.8, 4) is 0 Å². The van der Waals surface area contributed by atoms with E-state index in [9.17, 15) is 9.59 Å². The summed E-state index contributed by atoms with van der Waals surface area (Å²) in [5, 5.41) is 0.306. The van der Waals surface area contributed by atoms with Crippen LogP contribution in [0.1, 0.15) is 118 Å². The summed E-state index contributed by atoms with van der Waals surface area (Å²) in [6, 6.07) is 0. The van der Waals surface area contributed by atoms with E-state index < -0.39 is 0 Å². The highest BCUT2D eigenvalue weighted by atomic mass is 32.2. The van der Waals surface area contributed by atoms with E-state index in [4.69, 9.17) is 23.7 Å². The van der Waals surface area contributed by atoms with E-state index in [0.717, 1.165) is 96.7 Å². The molecule has 7 nitrogen and oxygen atoms in total. The van der Waals surface area contributed by atoms with Gasteiger partial charge in [-0.25, -0.2) is 0 Å². The first-order chi connectivity index (χ1) is 20.7. The van der Waals surface area contributed by atoms with Crippen molar-refractivity contribution in [1.82, 2.24) is 0 Å². The maximum atomic E-state index is 12.4. The van der Waals surface area contributed by atoms with Gasteiger partial charge < -0.3 is 23.7 Å². The Morgan fingerprint density at radius 2 is 1.74 bits per heavy atom. The molecule has 0 radical (unpaired) electrons. The van der Waals surface area contributed by atoms with Crippen LogP contribution < -0.4 is 0 Å². The molecule has 2 saturated heterocycles. The largest absolute Gasteiger partial charge is 0.469 e. The molecule has 0 spiro atoms. The molecule has 2 aliphatic heterocycles. The first-order valence-corrected chi connectivity index (χ1v) is 17.7. The van der Waals surface area contributed by atoms with E-state index in [2.05, 4.69) is 45.1 Å². The fraction of sp³-hybridized carbons (Fsp3) is 0.829. The van der Waals surface area contributed by atoms with Crippen LogP contribution in [0.2, 0.25) is 0 Å². The molecule has 3 rings (SSSR count). The molecule has 43 heavy (non-hydrogen) atoms. The normalized spacial score (nSPS) is 29.3. The van der Waals surface area contributed by atoms with Crippen LogP contribution in [-0.4, -0.2) is 61.4 Å². The maximum Gasteiger partial charge on any atom is 0.305 e. The van der Waals surface area contributed by atoms with Gasteiger partial charge in [0, 0.05) is 37.7 Å². The quantitative estimate of drug-likeness (QED) is 0.0913. The van der Waals surface area contributed by atoms with Crippen LogP contribution >= 0.6 is 11.8 Å². The second-order valence-corrected chi connectivity index (χ2v) is 14.5. The number of esters is 1. The van der Waals surface area contributed by atoms with Gasteiger partial charge in [-0.3, -0.25) is 9.59 Å². The lowest BCUT2D eigenvalue weighted by atomic mass is 9.80. The standard InChI is InChI=1S/C35H58O7S/c1-6-7-22-35(3,4)31(42-34-19-13-15-24-40-34)21-20-27-28(16-10-8-9-11-17-32(37)38-5)30(43-26(2)36)25-29(27)41-33-18-12-14-23-39-33/h8,10,20-21,27-31,33-34H,6-7,9,11-19,22-25H2,1-5H3/t27-,28-,29-,30+,31-,33?,34?/m1/s1. The number of hydrogen-bond donors (Lipinski definition) is 0. The van der Waals surface area contributed by atoms with Crippen LogP contribution in [0.25, 0.3) is 0 Å². The van der Waals surface area contributed by atoms with Crippen LogP contribution in [0.5, 0.6) is 0 Å². The molecular formula is C35H58O7S. The van der Waals surface area contributed by atoms with Crippen molar-refractivity contribution in [3.63, 3.8) is 0 Å². The minimum Gasteiger partial charge on any atom is -0.469 e. The fourth-order valence-electron chi connectivity index (χ4n) is 6.48. The Morgan fingerprint density at radius 1 is 1.02 bits per heavy atom.